The van der Waals surface area contributed by atoms with Gasteiger partial charge in [0.15, 0.2) is 0 Å². The Morgan fingerprint density at radius 1 is 1.31 bits per heavy atom. The Kier molecular flexibility index (Phi) is 4.23. The monoisotopic (exact) mass is 188 g/mol. The van der Waals surface area contributed by atoms with E-state index in [2.05, 4.69) is 0 Å². The van der Waals surface area contributed by atoms with Crippen LogP contribution in [0, 0.1) is 0 Å². The molecule has 0 rings (SSSR count). The Hall–Kier alpha value is -1.26. The molecule has 5 heteroatoms. The third-order valence-corrected chi connectivity index (χ3v) is 1.82. The standard InChI is InChI=1S/C8H16N2O3/c1-5-6(7(11)12)10(4)8(13)9(2)3/h6H,5H2,1-4H3,(H,11,12). The molecule has 0 aliphatic carbocycles. The van der Waals surface area contributed by atoms with Gasteiger partial charge in [-0.05, 0) is 6.42 Å². The highest BCUT2D eigenvalue weighted by Crippen LogP contribution is 2.04. The summed E-state index contributed by atoms with van der Waals surface area (Å²) in [6, 6.07) is -1.04. The third-order valence-electron chi connectivity index (χ3n) is 1.82. The smallest absolute Gasteiger partial charge is 0.326 e. The fourth-order valence-corrected chi connectivity index (χ4v) is 1.06. The average molecular weight is 188 g/mol. The first-order valence-corrected chi connectivity index (χ1v) is 4.08. The van der Waals surface area contributed by atoms with Crippen molar-refractivity contribution in [3.63, 3.8) is 0 Å². The van der Waals surface area contributed by atoms with Crippen molar-refractivity contribution in [3.05, 3.63) is 0 Å². The first-order chi connectivity index (χ1) is 5.91. The van der Waals surface area contributed by atoms with Gasteiger partial charge in [0, 0.05) is 21.1 Å². The van der Waals surface area contributed by atoms with E-state index in [1.807, 2.05) is 0 Å². The van der Waals surface area contributed by atoms with E-state index in [4.69, 9.17) is 5.11 Å². The summed E-state index contributed by atoms with van der Waals surface area (Å²) in [5, 5.41) is 8.76. The number of carboxylic acids is 1. The lowest BCUT2D eigenvalue weighted by atomic mass is 10.2. The van der Waals surface area contributed by atoms with Crippen LogP contribution >= 0.6 is 0 Å². The van der Waals surface area contributed by atoms with Gasteiger partial charge in [-0.15, -0.1) is 0 Å². The van der Waals surface area contributed by atoms with Crippen LogP contribution in [-0.4, -0.2) is 54.1 Å². The van der Waals surface area contributed by atoms with E-state index in [0.29, 0.717) is 6.42 Å². The Morgan fingerprint density at radius 2 is 1.77 bits per heavy atom. The minimum atomic E-state index is -0.972. The molecular weight excluding hydrogens is 172 g/mol. The normalized spacial score (nSPS) is 12.0. The van der Waals surface area contributed by atoms with E-state index in [1.54, 1.807) is 21.0 Å². The van der Waals surface area contributed by atoms with Gasteiger partial charge in [0.2, 0.25) is 0 Å². The molecule has 0 radical (unpaired) electrons. The number of nitrogens with zero attached hydrogens (tertiary/aromatic N) is 2. The number of carbonyl (C=O) groups excluding carboxylic acids is 1. The second-order valence-electron chi connectivity index (χ2n) is 3.05. The zero-order valence-electron chi connectivity index (χ0n) is 8.44. The maximum atomic E-state index is 11.3. The van der Waals surface area contributed by atoms with Gasteiger partial charge < -0.3 is 14.9 Å². The second kappa shape index (κ2) is 4.69. The van der Waals surface area contributed by atoms with Crippen molar-refractivity contribution in [2.24, 2.45) is 0 Å². The SMILES string of the molecule is CCC(C(=O)O)N(C)C(=O)N(C)C. The third kappa shape index (κ3) is 2.93. The highest BCUT2D eigenvalue weighted by molar-refractivity contribution is 5.82. The molecule has 0 saturated heterocycles. The number of hydrogen-bond donors (Lipinski definition) is 1. The van der Waals surface area contributed by atoms with Crippen molar-refractivity contribution in [3.8, 4) is 0 Å². The molecular formula is C8H16N2O3. The summed E-state index contributed by atoms with van der Waals surface area (Å²) in [5.41, 5.74) is 0. The zero-order valence-corrected chi connectivity index (χ0v) is 8.44. The zero-order chi connectivity index (χ0) is 10.6. The van der Waals surface area contributed by atoms with Gasteiger partial charge >= 0.3 is 12.0 Å². The molecule has 5 nitrogen and oxygen atoms in total. The van der Waals surface area contributed by atoms with Gasteiger partial charge in [0.1, 0.15) is 6.04 Å². The van der Waals surface area contributed by atoms with Gasteiger partial charge in [-0.1, -0.05) is 6.92 Å². The fourth-order valence-electron chi connectivity index (χ4n) is 1.06. The van der Waals surface area contributed by atoms with Gasteiger partial charge in [-0.25, -0.2) is 9.59 Å². The Morgan fingerprint density at radius 3 is 2.00 bits per heavy atom. The summed E-state index contributed by atoms with van der Waals surface area (Å²) in [7, 11) is 4.67. The fraction of sp³-hybridized carbons (Fsp3) is 0.750. The summed E-state index contributed by atoms with van der Waals surface area (Å²) >= 11 is 0. The predicted molar refractivity (Wildman–Crippen MR) is 48.6 cm³/mol. The molecule has 0 aromatic heterocycles. The van der Waals surface area contributed by atoms with Crippen LogP contribution in [0.1, 0.15) is 13.3 Å². The summed E-state index contributed by atoms with van der Waals surface area (Å²) in [6.45, 7) is 1.73. The maximum absolute atomic E-state index is 11.3. The molecule has 0 aliphatic heterocycles. The van der Waals surface area contributed by atoms with E-state index in [-0.39, 0.29) is 6.03 Å². The molecule has 2 amide bonds. The highest BCUT2D eigenvalue weighted by atomic mass is 16.4. The van der Waals surface area contributed by atoms with Crippen molar-refractivity contribution in [2.75, 3.05) is 21.1 Å². The van der Waals surface area contributed by atoms with Crippen LogP contribution in [-0.2, 0) is 4.79 Å². The number of amides is 2. The summed E-state index contributed by atoms with van der Waals surface area (Å²) < 4.78 is 0. The van der Waals surface area contributed by atoms with Gasteiger partial charge in [-0.2, -0.15) is 0 Å². The molecule has 1 N–H and O–H groups in total. The molecule has 0 fully saturated rings. The molecule has 0 aromatic carbocycles. The van der Waals surface area contributed by atoms with Crippen LogP contribution < -0.4 is 0 Å². The largest absolute Gasteiger partial charge is 0.480 e. The quantitative estimate of drug-likeness (QED) is 0.700. The Labute approximate surface area is 77.9 Å². The highest BCUT2D eigenvalue weighted by Gasteiger charge is 2.25. The summed E-state index contributed by atoms with van der Waals surface area (Å²) in [6.07, 6.45) is 0.408. The molecule has 0 aromatic rings. The number of carbonyl (C=O) groups is 2. The number of hydrogen-bond acceptors (Lipinski definition) is 2. The van der Waals surface area contributed by atoms with E-state index in [9.17, 15) is 9.59 Å². The lowest BCUT2D eigenvalue weighted by molar-refractivity contribution is -0.142. The molecule has 13 heavy (non-hydrogen) atoms. The van der Waals surface area contributed by atoms with Crippen molar-refractivity contribution >= 4 is 12.0 Å². The molecule has 76 valence electrons. The van der Waals surface area contributed by atoms with Crippen molar-refractivity contribution in [1.29, 1.82) is 0 Å². The van der Waals surface area contributed by atoms with Crippen LogP contribution in [0.4, 0.5) is 4.79 Å². The van der Waals surface area contributed by atoms with Crippen molar-refractivity contribution in [1.82, 2.24) is 9.80 Å². The minimum Gasteiger partial charge on any atom is -0.480 e. The Bertz CT molecular complexity index is 204. The van der Waals surface area contributed by atoms with Crippen LogP contribution in [0.15, 0.2) is 0 Å². The topological polar surface area (TPSA) is 60.9 Å². The summed E-state index contributed by atoms with van der Waals surface area (Å²) in [5.74, 6) is -0.972. The number of aliphatic carboxylic acids is 1. The van der Waals surface area contributed by atoms with E-state index in [0.717, 1.165) is 0 Å². The molecule has 1 unspecified atom stereocenters. The Balaban J connectivity index is 4.46. The first kappa shape index (κ1) is 11.7. The molecule has 1 atom stereocenters. The average Bonchev–Trinajstić information content (AvgIpc) is 2.03. The van der Waals surface area contributed by atoms with Crippen molar-refractivity contribution < 1.29 is 14.7 Å². The van der Waals surface area contributed by atoms with Gasteiger partial charge in [0.25, 0.3) is 0 Å². The molecule has 0 bridgehead atoms. The van der Waals surface area contributed by atoms with Gasteiger partial charge in [0.05, 0.1) is 0 Å². The molecule has 0 spiro atoms. The van der Waals surface area contributed by atoms with Gasteiger partial charge in [-0.3, -0.25) is 0 Å². The lowest BCUT2D eigenvalue weighted by Crippen LogP contribution is -2.46. The number of urea groups is 1. The maximum Gasteiger partial charge on any atom is 0.326 e. The second-order valence-corrected chi connectivity index (χ2v) is 3.05. The van der Waals surface area contributed by atoms with E-state index in [1.165, 1.54) is 16.8 Å². The first-order valence-electron chi connectivity index (χ1n) is 4.08. The number of likely N-dealkylation sites (N-methyl/N-ethyl adjacent to an activating group) is 1. The van der Waals surface area contributed by atoms with E-state index < -0.39 is 12.0 Å². The van der Waals surface area contributed by atoms with Crippen LogP contribution in [0.5, 0.6) is 0 Å². The summed E-state index contributed by atoms with van der Waals surface area (Å²) in [4.78, 5) is 24.6. The van der Waals surface area contributed by atoms with E-state index >= 15 is 0 Å². The lowest BCUT2D eigenvalue weighted by Gasteiger charge is -2.26. The predicted octanol–water partition coefficient (Wildman–Crippen LogP) is 0.463. The minimum absolute atomic E-state index is 0.297. The molecule has 0 saturated carbocycles. The number of rotatable bonds is 3. The number of carboxylic acid groups (broad SMARTS) is 1. The van der Waals surface area contributed by atoms with Crippen molar-refractivity contribution in [2.45, 2.75) is 19.4 Å². The van der Waals surface area contributed by atoms with Crippen LogP contribution in [0.25, 0.3) is 0 Å². The molecule has 0 aliphatic rings. The van der Waals surface area contributed by atoms with Crippen LogP contribution in [0.3, 0.4) is 0 Å². The van der Waals surface area contributed by atoms with Crippen LogP contribution in [0.2, 0.25) is 0 Å². The molecule has 0 heterocycles.